The van der Waals surface area contributed by atoms with Crippen LogP contribution in [-0.2, 0) is 10.0 Å². The van der Waals surface area contributed by atoms with Crippen LogP contribution in [0.1, 0.15) is 18.7 Å². The maximum absolute atomic E-state index is 11.9. The number of hydrogen-bond acceptors (Lipinski definition) is 7. The molecule has 0 atom stereocenters. The van der Waals surface area contributed by atoms with Gasteiger partial charge in [0.1, 0.15) is 17.5 Å². The molecule has 130 valence electrons. The molecule has 1 aliphatic rings. The Kier molecular flexibility index (Phi) is 4.95. The van der Waals surface area contributed by atoms with Gasteiger partial charge in [0.15, 0.2) is 5.03 Å². The predicted octanol–water partition coefficient (Wildman–Crippen LogP) is 0.499. The SMILES string of the molecule is Cc1nc(NCCNS(=O)(=O)c2cnc[nH]2)cc(N2CCCC2)n1. The smallest absolute Gasteiger partial charge is 0.257 e. The molecule has 0 radical (unpaired) electrons. The van der Waals surface area contributed by atoms with Gasteiger partial charge in [0.25, 0.3) is 10.0 Å². The van der Waals surface area contributed by atoms with Crippen LogP contribution >= 0.6 is 0 Å². The Labute approximate surface area is 141 Å². The second-order valence-corrected chi connectivity index (χ2v) is 7.33. The van der Waals surface area contributed by atoms with E-state index in [1.165, 1.54) is 25.4 Å². The van der Waals surface area contributed by atoms with E-state index in [1.807, 2.05) is 13.0 Å². The molecule has 0 saturated carbocycles. The average molecular weight is 351 g/mol. The van der Waals surface area contributed by atoms with Gasteiger partial charge in [-0.2, -0.15) is 0 Å². The topological polar surface area (TPSA) is 116 Å². The van der Waals surface area contributed by atoms with Gasteiger partial charge in [0.05, 0.1) is 12.5 Å². The predicted molar refractivity (Wildman–Crippen MR) is 90.5 cm³/mol. The van der Waals surface area contributed by atoms with E-state index in [-0.39, 0.29) is 11.6 Å². The summed E-state index contributed by atoms with van der Waals surface area (Å²) in [5.74, 6) is 2.31. The number of hydrogen-bond donors (Lipinski definition) is 3. The fourth-order valence-corrected chi connectivity index (χ4v) is 3.53. The van der Waals surface area contributed by atoms with Crippen LogP contribution in [0, 0.1) is 6.92 Å². The highest BCUT2D eigenvalue weighted by molar-refractivity contribution is 7.89. The van der Waals surface area contributed by atoms with E-state index in [2.05, 4.69) is 34.9 Å². The van der Waals surface area contributed by atoms with Gasteiger partial charge in [0, 0.05) is 32.2 Å². The zero-order valence-corrected chi connectivity index (χ0v) is 14.3. The fourth-order valence-electron chi connectivity index (χ4n) is 2.59. The molecule has 10 heteroatoms. The van der Waals surface area contributed by atoms with Gasteiger partial charge in [-0.1, -0.05) is 0 Å². The molecule has 2 aromatic heterocycles. The number of sulfonamides is 1. The van der Waals surface area contributed by atoms with Gasteiger partial charge in [-0.15, -0.1) is 0 Å². The number of aromatic amines is 1. The first-order valence-electron chi connectivity index (χ1n) is 7.87. The molecule has 3 heterocycles. The van der Waals surface area contributed by atoms with E-state index in [0.717, 1.165) is 18.9 Å². The summed E-state index contributed by atoms with van der Waals surface area (Å²) < 4.78 is 26.4. The molecule has 0 spiro atoms. The van der Waals surface area contributed by atoms with E-state index in [4.69, 9.17) is 0 Å². The van der Waals surface area contributed by atoms with Crippen molar-refractivity contribution in [1.82, 2.24) is 24.7 Å². The summed E-state index contributed by atoms with van der Waals surface area (Å²) in [5, 5.41) is 3.19. The third kappa shape index (κ3) is 4.01. The molecule has 0 aliphatic carbocycles. The van der Waals surface area contributed by atoms with Gasteiger partial charge in [-0.05, 0) is 19.8 Å². The minimum Gasteiger partial charge on any atom is -0.369 e. The lowest BCUT2D eigenvalue weighted by Crippen LogP contribution is -2.29. The first-order valence-corrected chi connectivity index (χ1v) is 9.35. The molecule has 3 rings (SSSR count). The van der Waals surface area contributed by atoms with Gasteiger partial charge < -0.3 is 15.2 Å². The Hall–Kier alpha value is -2.20. The van der Waals surface area contributed by atoms with E-state index in [9.17, 15) is 8.42 Å². The van der Waals surface area contributed by atoms with Crippen LogP contribution in [0.2, 0.25) is 0 Å². The Morgan fingerprint density at radius 1 is 1.25 bits per heavy atom. The van der Waals surface area contributed by atoms with Gasteiger partial charge >= 0.3 is 0 Å². The fraction of sp³-hybridized carbons (Fsp3) is 0.500. The number of aryl methyl sites for hydroxylation is 1. The first-order chi connectivity index (χ1) is 11.5. The van der Waals surface area contributed by atoms with Crippen molar-refractivity contribution >= 4 is 21.7 Å². The molecule has 2 aromatic rings. The monoisotopic (exact) mass is 351 g/mol. The Morgan fingerprint density at radius 3 is 2.75 bits per heavy atom. The standard InChI is InChI=1S/C14H21N7O2S/c1-11-19-12(8-13(20-11)21-6-2-3-7-21)16-4-5-18-24(22,23)14-9-15-10-17-14/h8-10,18H,2-7H2,1H3,(H,15,17)(H,16,19,20). The number of imidazole rings is 1. The maximum Gasteiger partial charge on any atom is 0.257 e. The van der Waals surface area contributed by atoms with E-state index < -0.39 is 10.0 Å². The first kappa shape index (κ1) is 16.7. The lowest BCUT2D eigenvalue weighted by atomic mass is 10.4. The van der Waals surface area contributed by atoms with Gasteiger partial charge in [0.2, 0.25) is 0 Å². The number of H-pyrrole nitrogens is 1. The van der Waals surface area contributed by atoms with Crippen LogP contribution in [0.4, 0.5) is 11.6 Å². The van der Waals surface area contributed by atoms with E-state index in [0.29, 0.717) is 18.2 Å². The number of anilines is 2. The minimum absolute atomic E-state index is 0.0525. The third-order valence-electron chi connectivity index (χ3n) is 3.74. The summed E-state index contributed by atoms with van der Waals surface area (Å²) in [7, 11) is -3.55. The quantitative estimate of drug-likeness (QED) is 0.622. The molecule has 24 heavy (non-hydrogen) atoms. The number of nitrogens with zero attached hydrogens (tertiary/aromatic N) is 4. The maximum atomic E-state index is 11.9. The average Bonchev–Trinajstić information content (AvgIpc) is 3.23. The minimum atomic E-state index is -3.55. The Bertz CT molecular complexity index is 770. The molecule has 0 aromatic carbocycles. The highest BCUT2D eigenvalue weighted by atomic mass is 32.2. The van der Waals surface area contributed by atoms with Crippen LogP contribution in [0.3, 0.4) is 0 Å². The Morgan fingerprint density at radius 2 is 2.04 bits per heavy atom. The van der Waals surface area contributed by atoms with Crippen molar-refractivity contribution in [2.75, 3.05) is 36.4 Å². The zero-order chi connectivity index (χ0) is 17.0. The zero-order valence-electron chi connectivity index (χ0n) is 13.5. The highest BCUT2D eigenvalue weighted by Gasteiger charge is 2.16. The molecule has 9 nitrogen and oxygen atoms in total. The van der Waals surface area contributed by atoms with E-state index in [1.54, 1.807) is 0 Å². The summed E-state index contributed by atoms with van der Waals surface area (Å²) >= 11 is 0. The highest BCUT2D eigenvalue weighted by Crippen LogP contribution is 2.20. The number of aromatic nitrogens is 4. The largest absolute Gasteiger partial charge is 0.369 e. The molecule has 1 aliphatic heterocycles. The molecule has 0 amide bonds. The van der Waals surface area contributed by atoms with Crippen LogP contribution < -0.4 is 14.9 Å². The van der Waals surface area contributed by atoms with Crippen molar-refractivity contribution in [2.45, 2.75) is 24.8 Å². The van der Waals surface area contributed by atoms with Crippen molar-refractivity contribution < 1.29 is 8.42 Å². The van der Waals surface area contributed by atoms with Crippen molar-refractivity contribution in [3.8, 4) is 0 Å². The summed E-state index contributed by atoms with van der Waals surface area (Å²) in [6.45, 7) is 4.54. The van der Waals surface area contributed by atoms with Crippen molar-refractivity contribution in [3.63, 3.8) is 0 Å². The third-order valence-corrected chi connectivity index (χ3v) is 5.13. The van der Waals surface area contributed by atoms with Crippen LogP contribution in [0.5, 0.6) is 0 Å². The summed E-state index contributed by atoms with van der Waals surface area (Å²) in [5.41, 5.74) is 0. The normalized spacial score (nSPS) is 15.0. The Balaban J connectivity index is 1.55. The van der Waals surface area contributed by atoms with Crippen molar-refractivity contribution in [2.24, 2.45) is 0 Å². The van der Waals surface area contributed by atoms with Crippen molar-refractivity contribution in [1.29, 1.82) is 0 Å². The lowest BCUT2D eigenvalue weighted by molar-refractivity contribution is 0.579. The second kappa shape index (κ2) is 7.14. The molecular weight excluding hydrogens is 330 g/mol. The molecule has 1 saturated heterocycles. The summed E-state index contributed by atoms with van der Waals surface area (Å²) in [4.78, 5) is 17.3. The van der Waals surface area contributed by atoms with Gasteiger partial charge in [-0.25, -0.2) is 28.1 Å². The van der Waals surface area contributed by atoms with Crippen molar-refractivity contribution in [3.05, 3.63) is 24.4 Å². The lowest BCUT2D eigenvalue weighted by Gasteiger charge is -2.17. The van der Waals surface area contributed by atoms with Crippen LogP contribution in [0.15, 0.2) is 23.6 Å². The summed E-state index contributed by atoms with van der Waals surface area (Å²) in [6, 6.07) is 1.90. The van der Waals surface area contributed by atoms with Crippen LogP contribution in [-0.4, -0.2) is 54.5 Å². The number of rotatable bonds is 7. The van der Waals surface area contributed by atoms with E-state index >= 15 is 0 Å². The van der Waals surface area contributed by atoms with Crippen LogP contribution in [0.25, 0.3) is 0 Å². The molecule has 1 fully saturated rings. The molecule has 3 N–H and O–H groups in total. The number of nitrogens with one attached hydrogen (secondary N) is 3. The molecule has 0 bridgehead atoms. The molecular formula is C14H21N7O2S. The van der Waals surface area contributed by atoms with Gasteiger partial charge in [-0.3, -0.25) is 0 Å². The molecule has 0 unspecified atom stereocenters. The second-order valence-electron chi connectivity index (χ2n) is 5.59. The summed E-state index contributed by atoms with van der Waals surface area (Å²) in [6.07, 6.45) is 4.96.